The molecule has 11 nitrogen and oxygen atoms in total. The maximum absolute atomic E-state index is 13.6. The van der Waals surface area contributed by atoms with Crippen LogP contribution in [-0.2, 0) is 9.47 Å². The number of piperidine rings is 1. The number of anilines is 4. The van der Waals surface area contributed by atoms with Gasteiger partial charge in [-0.25, -0.2) is 19.7 Å². The quantitative estimate of drug-likeness (QED) is 0.632. The molecular weight excluding hydrogens is 486 g/mol. The Bertz CT molecular complexity index is 1240. The third-order valence-corrected chi connectivity index (χ3v) is 8.14. The van der Waals surface area contributed by atoms with Crippen molar-refractivity contribution >= 4 is 35.3 Å². The SMILES string of the molecule is CC1CN(c2cccc(NC(=O)c3ncc(N4C(=O)OCC4(C)C)nc3N3CCC4(CC3)CC4)n2)CCO1. The van der Waals surface area contributed by atoms with Gasteiger partial charge in [-0.2, -0.15) is 0 Å². The summed E-state index contributed by atoms with van der Waals surface area (Å²) in [6.45, 7) is 9.88. The van der Waals surface area contributed by atoms with Crippen molar-refractivity contribution in [1.29, 1.82) is 0 Å². The van der Waals surface area contributed by atoms with E-state index in [9.17, 15) is 9.59 Å². The van der Waals surface area contributed by atoms with Crippen molar-refractivity contribution in [2.75, 3.05) is 59.4 Å². The molecule has 5 heterocycles. The molecule has 3 saturated heterocycles. The van der Waals surface area contributed by atoms with Gasteiger partial charge in [-0.1, -0.05) is 6.07 Å². The van der Waals surface area contributed by atoms with Gasteiger partial charge in [0.05, 0.1) is 24.4 Å². The van der Waals surface area contributed by atoms with Crippen molar-refractivity contribution in [1.82, 2.24) is 15.0 Å². The summed E-state index contributed by atoms with van der Waals surface area (Å²) in [6, 6.07) is 5.59. The van der Waals surface area contributed by atoms with Gasteiger partial charge in [-0.3, -0.25) is 9.69 Å². The van der Waals surface area contributed by atoms with Crippen LogP contribution in [0.1, 0.15) is 56.9 Å². The number of nitrogens with zero attached hydrogens (tertiary/aromatic N) is 6. The smallest absolute Gasteiger partial charge is 0.416 e. The predicted octanol–water partition coefficient (Wildman–Crippen LogP) is 3.46. The summed E-state index contributed by atoms with van der Waals surface area (Å²) in [5.41, 5.74) is 0.123. The van der Waals surface area contributed by atoms with Crippen molar-refractivity contribution in [3.8, 4) is 0 Å². The molecule has 1 saturated carbocycles. The van der Waals surface area contributed by atoms with Crippen LogP contribution in [0.5, 0.6) is 0 Å². The lowest BCUT2D eigenvalue weighted by atomic mass is 9.93. The Morgan fingerprint density at radius 3 is 2.53 bits per heavy atom. The van der Waals surface area contributed by atoms with Crippen LogP contribution in [0, 0.1) is 5.41 Å². The summed E-state index contributed by atoms with van der Waals surface area (Å²) in [5.74, 6) is 1.74. The van der Waals surface area contributed by atoms with E-state index in [-0.39, 0.29) is 24.3 Å². The Morgan fingerprint density at radius 1 is 1.05 bits per heavy atom. The molecule has 0 bridgehead atoms. The summed E-state index contributed by atoms with van der Waals surface area (Å²) < 4.78 is 10.9. The van der Waals surface area contributed by atoms with Crippen molar-refractivity contribution in [3.63, 3.8) is 0 Å². The molecule has 0 aromatic carbocycles. The van der Waals surface area contributed by atoms with E-state index in [2.05, 4.69) is 25.1 Å². The second-order valence-electron chi connectivity index (χ2n) is 11.6. The standard InChI is InChI=1S/C27H35N7O4/c1-18-16-33(13-14-37-18)20-6-4-5-19(29-20)30-24(35)22-23(32-11-9-27(7-8-27)10-12-32)31-21(15-28-22)34-25(36)38-17-26(34,2)3/h4-6,15,18H,7-14,16-17H2,1-3H3,(H,29,30,35). The second-order valence-corrected chi connectivity index (χ2v) is 11.6. The van der Waals surface area contributed by atoms with E-state index in [0.717, 1.165) is 44.8 Å². The van der Waals surface area contributed by atoms with Gasteiger partial charge < -0.3 is 24.6 Å². The third kappa shape index (κ3) is 4.75. The van der Waals surface area contributed by atoms with E-state index in [1.165, 1.54) is 23.9 Å². The zero-order valence-electron chi connectivity index (χ0n) is 22.3. The van der Waals surface area contributed by atoms with Gasteiger partial charge in [0.25, 0.3) is 5.91 Å². The van der Waals surface area contributed by atoms with Gasteiger partial charge in [0.15, 0.2) is 17.3 Å². The molecule has 38 heavy (non-hydrogen) atoms. The lowest BCUT2D eigenvalue weighted by Crippen LogP contribution is -2.43. The summed E-state index contributed by atoms with van der Waals surface area (Å²) in [5, 5.41) is 2.93. The highest BCUT2D eigenvalue weighted by molar-refractivity contribution is 6.06. The predicted molar refractivity (Wildman–Crippen MR) is 143 cm³/mol. The number of nitrogens with one attached hydrogen (secondary N) is 1. The number of morpholine rings is 1. The average Bonchev–Trinajstić information content (AvgIpc) is 3.60. The Balaban J connectivity index is 1.28. The van der Waals surface area contributed by atoms with Gasteiger partial charge in [0, 0.05) is 26.2 Å². The molecule has 1 N–H and O–H groups in total. The van der Waals surface area contributed by atoms with Crippen LogP contribution in [0.2, 0.25) is 0 Å². The Kier molecular flexibility index (Phi) is 6.13. The van der Waals surface area contributed by atoms with Gasteiger partial charge in [0.1, 0.15) is 18.2 Å². The van der Waals surface area contributed by atoms with Crippen LogP contribution in [0.25, 0.3) is 0 Å². The zero-order chi connectivity index (χ0) is 26.5. The van der Waals surface area contributed by atoms with E-state index in [4.69, 9.17) is 14.5 Å². The van der Waals surface area contributed by atoms with Crippen LogP contribution >= 0.6 is 0 Å². The lowest BCUT2D eigenvalue weighted by molar-refractivity contribution is 0.0529. The molecule has 4 fully saturated rings. The number of rotatable bonds is 5. The summed E-state index contributed by atoms with van der Waals surface area (Å²) in [4.78, 5) is 46.0. The summed E-state index contributed by atoms with van der Waals surface area (Å²) in [6.07, 6.45) is 5.84. The number of carbonyl (C=O) groups excluding carboxylic acids is 2. The van der Waals surface area contributed by atoms with Crippen LogP contribution in [0.15, 0.2) is 24.4 Å². The molecule has 202 valence electrons. The molecule has 1 atom stereocenters. The molecule has 2 aromatic heterocycles. The first kappa shape index (κ1) is 24.8. The van der Waals surface area contributed by atoms with Gasteiger partial charge in [-0.15, -0.1) is 0 Å². The molecular formula is C27H35N7O4. The first-order chi connectivity index (χ1) is 18.2. The minimum Gasteiger partial charge on any atom is -0.447 e. The first-order valence-electron chi connectivity index (χ1n) is 13.5. The maximum Gasteiger partial charge on any atom is 0.416 e. The van der Waals surface area contributed by atoms with Gasteiger partial charge >= 0.3 is 6.09 Å². The Hall–Kier alpha value is -3.47. The number of hydrogen-bond acceptors (Lipinski definition) is 9. The normalized spacial score (nSPS) is 23.9. The van der Waals surface area contributed by atoms with E-state index in [1.54, 1.807) is 6.07 Å². The number of aromatic nitrogens is 3. The van der Waals surface area contributed by atoms with E-state index >= 15 is 0 Å². The monoisotopic (exact) mass is 521 g/mol. The number of amides is 2. The molecule has 2 amide bonds. The number of ether oxygens (including phenoxy) is 2. The third-order valence-electron chi connectivity index (χ3n) is 8.14. The molecule has 0 radical (unpaired) electrons. The van der Waals surface area contributed by atoms with Crippen LogP contribution in [0.4, 0.5) is 28.1 Å². The number of carbonyl (C=O) groups is 2. The molecule has 1 unspecified atom stereocenters. The van der Waals surface area contributed by atoms with Crippen LogP contribution in [-0.4, -0.2) is 78.0 Å². The highest BCUT2D eigenvalue weighted by Gasteiger charge is 2.46. The molecule has 11 heteroatoms. The molecule has 1 spiro atoms. The maximum atomic E-state index is 13.6. The number of pyridine rings is 1. The molecule has 2 aromatic rings. The summed E-state index contributed by atoms with van der Waals surface area (Å²) in [7, 11) is 0. The van der Waals surface area contributed by atoms with E-state index < -0.39 is 11.6 Å². The summed E-state index contributed by atoms with van der Waals surface area (Å²) >= 11 is 0. The Labute approximate surface area is 222 Å². The molecule has 1 aliphatic carbocycles. The topological polar surface area (TPSA) is 113 Å². The van der Waals surface area contributed by atoms with Crippen molar-refractivity contribution in [3.05, 3.63) is 30.1 Å². The van der Waals surface area contributed by atoms with Crippen LogP contribution in [0.3, 0.4) is 0 Å². The van der Waals surface area contributed by atoms with Crippen molar-refractivity contribution in [2.24, 2.45) is 5.41 Å². The fourth-order valence-corrected chi connectivity index (χ4v) is 5.62. The average molecular weight is 522 g/mol. The molecule has 6 rings (SSSR count). The minimum absolute atomic E-state index is 0.123. The number of cyclic esters (lactones) is 1. The highest BCUT2D eigenvalue weighted by Crippen LogP contribution is 2.54. The van der Waals surface area contributed by atoms with Gasteiger partial charge in [0.2, 0.25) is 0 Å². The Morgan fingerprint density at radius 2 is 1.84 bits per heavy atom. The zero-order valence-corrected chi connectivity index (χ0v) is 22.3. The highest BCUT2D eigenvalue weighted by atomic mass is 16.6. The van der Waals surface area contributed by atoms with E-state index in [1.807, 2.05) is 32.9 Å². The minimum atomic E-state index is -0.561. The largest absolute Gasteiger partial charge is 0.447 e. The fraction of sp³-hybridized carbons (Fsp3) is 0.593. The molecule has 4 aliphatic rings. The van der Waals surface area contributed by atoms with E-state index in [0.29, 0.717) is 29.5 Å². The molecule has 3 aliphatic heterocycles. The second kappa shape index (κ2) is 9.37. The van der Waals surface area contributed by atoms with Crippen molar-refractivity contribution in [2.45, 2.75) is 58.1 Å². The fourth-order valence-electron chi connectivity index (χ4n) is 5.62. The number of hydrogen-bond donors (Lipinski definition) is 1. The van der Waals surface area contributed by atoms with Crippen LogP contribution < -0.4 is 20.0 Å². The van der Waals surface area contributed by atoms with Crippen molar-refractivity contribution < 1.29 is 19.1 Å². The lowest BCUT2D eigenvalue weighted by Gasteiger charge is -2.34. The first-order valence-corrected chi connectivity index (χ1v) is 13.5. The van der Waals surface area contributed by atoms with Gasteiger partial charge in [-0.05, 0) is 64.0 Å².